The summed E-state index contributed by atoms with van der Waals surface area (Å²) in [6.07, 6.45) is 2.02. The molecular weight excluding hydrogens is 268 g/mol. The van der Waals surface area contributed by atoms with Gasteiger partial charge in [0.15, 0.2) is 0 Å². The summed E-state index contributed by atoms with van der Waals surface area (Å²) in [5.74, 6) is -0.806. The Morgan fingerprint density at radius 3 is 1.81 bits per heavy atom. The molecule has 0 N–H and O–H groups in total. The standard InChI is InChI=1S/C17H36O4/c1-10-11-12-18-17(15(4,5)6,19-13-14(2)3)21-20-16(7,8)9/h14H,10-13H2,1-9H3. The average molecular weight is 304 g/mol. The van der Waals surface area contributed by atoms with Crippen molar-refractivity contribution < 1.29 is 19.2 Å². The third-order valence-electron chi connectivity index (χ3n) is 2.72. The fourth-order valence-corrected chi connectivity index (χ4v) is 1.45. The minimum atomic E-state index is -1.19. The Kier molecular flexibility index (Phi) is 8.40. The summed E-state index contributed by atoms with van der Waals surface area (Å²) in [4.78, 5) is 11.2. The SMILES string of the molecule is CCCCOC(OCC(C)C)(OOC(C)(C)C)C(C)(C)C. The topological polar surface area (TPSA) is 36.9 Å². The lowest BCUT2D eigenvalue weighted by molar-refractivity contribution is -0.552. The van der Waals surface area contributed by atoms with Crippen LogP contribution in [0, 0.1) is 11.3 Å². The first-order chi connectivity index (χ1) is 9.43. The molecule has 4 nitrogen and oxygen atoms in total. The molecule has 0 aliphatic heterocycles. The quantitative estimate of drug-likeness (QED) is 0.262. The van der Waals surface area contributed by atoms with E-state index >= 15 is 0 Å². The van der Waals surface area contributed by atoms with E-state index in [2.05, 4.69) is 20.8 Å². The summed E-state index contributed by atoms with van der Waals surface area (Å²) in [5.41, 5.74) is -0.799. The van der Waals surface area contributed by atoms with Gasteiger partial charge in [-0.05, 0) is 33.1 Å². The van der Waals surface area contributed by atoms with Crippen molar-refractivity contribution in [2.24, 2.45) is 11.3 Å². The molecule has 0 aromatic rings. The summed E-state index contributed by atoms with van der Waals surface area (Å²) in [7, 11) is 0. The monoisotopic (exact) mass is 304 g/mol. The molecule has 128 valence electrons. The van der Waals surface area contributed by atoms with E-state index in [1.54, 1.807) is 0 Å². The van der Waals surface area contributed by atoms with Crippen LogP contribution in [-0.2, 0) is 19.2 Å². The van der Waals surface area contributed by atoms with Crippen molar-refractivity contribution in [1.29, 1.82) is 0 Å². The van der Waals surface area contributed by atoms with E-state index in [-0.39, 0.29) is 5.41 Å². The highest BCUT2D eigenvalue weighted by Crippen LogP contribution is 2.38. The second kappa shape index (κ2) is 8.47. The van der Waals surface area contributed by atoms with Crippen molar-refractivity contribution in [3.05, 3.63) is 0 Å². The average Bonchev–Trinajstić information content (AvgIpc) is 2.29. The number of hydrogen-bond acceptors (Lipinski definition) is 4. The van der Waals surface area contributed by atoms with Crippen LogP contribution in [0.4, 0.5) is 0 Å². The molecule has 0 bridgehead atoms. The second-order valence-electron chi connectivity index (χ2n) is 7.99. The van der Waals surface area contributed by atoms with Gasteiger partial charge in [-0.2, -0.15) is 4.89 Å². The van der Waals surface area contributed by atoms with Crippen LogP contribution in [0.15, 0.2) is 0 Å². The molecule has 0 rings (SSSR count). The lowest BCUT2D eigenvalue weighted by Gasteiger charge is -2.43. The van der Waals surface area contributed by atoms with E-state index in [0.29, 0.717) is 19.1 Å². The summed E-state index contributed by atoms with van der Waals surface area (Å²) in [5, 5.41) is 0. The van der Waals surface area contributed by atoms with Gasteiger partial charge in [-0.3, -0.25) is 0 Å². The number of unbranched alkanes of at least 4 members (excludes halogenated alkanes) is 1. The number of rotatable bonds is 9. The van der Waals surface area contributed by atoms with E-state index in [1.807, 2.05) is 41.5 Å². The molecule has 1 unspecified atom stereocenters. The molecule has 0 spiro atoms. The molecule has 21 heavy (non-hydrogen) atoms. The van der Waals surface area contributed by atoms with E-state index in [0.717, 1.165) is 12.8 Å². The van der Waals surface area contributed by atoms with Gasteiger partial charge in [0.05, 0.1) is 18.8 Å². The predicted octanol–water partition coefficient (Wildman–Crippen LogP) is 4.92. The van der Waals surface area contributed by atoms with Gasteiger partial charge in [0, 0.05) is 5.41 Å². The minimum absolute atomic E-state index is 0.374. The molecule has 0 fully saturated rings. The van der Waals surface area contributed by atoms with Crippen LogP contribution in [0.1, 0.15) is 75.2 Å². The maximum absolute atomic E-state index is 6.03. The fourth-order valence-electron chi connectivity index (χ4n) is 1.45. The van der Waals surface area contributed by atoms with Gasteiger partial charge in [-0.15, -0.1) is 0 Å². The maximum atomic E-state index is 6.03. The summed E-state index contributed by atoms with van der Waals surface area (Å²) >= 11 is 0. The Hall–Kier alpha value is -0.160. The molecule has 0 heterocycles. The van der Waals surface area contributed by atoms with Gasteiger partial charge >= 0.3 is 5.97 Å². The third-order valence-corrected chi connectivity index (χ3v) is 2.72. The highest BCUT2D eigenvalue weighted by atomic mass is 17.3. The summed E-state index contributed by atoms with van der Waals surface area (Å²) in [6.45, 7) is 19.4. The fraction of sp³-hybridized carbons (Fsp3) is 1.00. The van der Waals surface area contributed by atoms with E-state index in [9.17, 15) is 0 Å². The molecule has 0 saturated carbocycles. The van der Waals surface area contributed by atoms with E-state index in [4.69, 9.17) is 19.2 Å². The predicted molar refractivity (Wildman–Crippen MR) is 85.8 cm³/mol. The van der Waals surface area contributed by atoms with Crippen molar-refractivity contribution in [3.8, 4) is 0 Å². The van der Waals surface area contributed by atoms with Gasteiger partial charge in [0.25, 0.3) is 0 Å². The van der Waals surface area contributed by atoms with Gasteiger partial charge in [-0.25, -0.2) is 4.89 Å². The van der Waals surface area contributed by atoms with Gasteiger partial charge in [0.1, 0.15) is 0 Å². The molecule has 0 amide bonds. The molecule has 1 atom stereocenters. The number of ether oxygens (including phenoxy) is 2. The van der Waals surface area contributed by atoms with Gasteiger partial charge < -0.3 is 9.47 Å². The Morgan fingerprint density at radius 1 is 0.857 bits per heavy atom. The molecule has 0 aromatic carbocycles. The Bertz CT molecular complexity index is 275. The van der Waals surface area contributed by atoms with Crippen molar-refractivity contribution in [1.82, 2.24) is 0 Å². The summed E-state index contributed by atoms with van der Waals surface area (Å²) in [6, 6.07) is 0. The molecular formula is C17H36O4. The zero-order valence-corrected chi connectivity index (χ0v) is 15.5. The molecule has 4 heteroatoms. The van der Waals surface area contributed by atoms with Crippen LogP contribution in [-0.4, -0.2) is 24.8 Å². The highest BCUT2D eigenvalue weighted by Gasteiger charge is 2.48. The molecule has 0 aliphatic rings. The van der Waals surface area contributed by atoms with Crippen LogP contribution in [0.5, 0.6) is 0 Å². The van der Waals surface area contributed by atoms with Crippen LogP contribution < -0.4 is 0 Å². The van der Waals surface area contributed by atoms with Crippen molar-refractivity contribution in [3.63, 3.8) is 0 Å². The second-order valence-corrected chi connectivity index (χ2v) is 7.99. The normalized spacial score (nSPS) is 16.3. The van der Waals surface area contributed by atoms with E-state index < -0.39 is 11.6 Å². The Morgan fingerprint density at radius 2 is 1.43 bits per heavy atom. The van der Waals surface area contributed by atoms with Crippen molar-refractivity contribution >= 4 is 0 Å². The van der Waals surface area contributed by atoms with Gasteiger partial charge in [0.2, 0.25) is 0 Å². The van der Waals surface area contributed by atoms with Crippen molar-refractivity contribution in [2.75, 3.05) is 13.2 Å². The van der Waals surface area contributed by atoms with Crippen LogP contribution in [0.2, 0.25) is 0 Å². The molecule has 0 aliphatic carbocycles. The van der Waals surface area contributed by atoms with Crippen LogP contribution in [0.25, 0.3) is 0 Å². The lowest BCUT2D eigenvalue weighted by Crippen LogP contribution is -2.52. The first-order valence-electron chi connectivity index (χ1n) is 8.08. The minimum Gasteiger partial charge on any atom is -0.325 e. The van der Waals surface area contributed by atoms with E-state index in [1.165, 1.54) is 0 Å². The molecule has 0 saturated heterocycles. The highest BCUT2D eigenvalue weighted by molar-refractivity contribution is 4.76. The zero-order chi connectivity index (χ0) is 16.7. The first-order valence-corrected chi connectivity index (χ1v) is 8.08. The van der Waals surface area contributed by atoms with Crippen LogP contribution >= 0.6 is 0 Å². The van der Waals surface area contributed by atoms with Crippen LogP contribution in [0.3, 0.4) is 0 Å². The Balaban J connectivity index is 5.10. The largest absolute Gasteiger partial charge is 0.325 e. The van der Waals surface area contributed by atoms with Crippen molar-refractivity contribution in [2.45, 2.75) is 86.7 Å². The Labute approximate surface area is 131 Å². The third kappa shape index (κ3) is 8.15. The smallest absolute Gasteiger partial charge is 0.317 e. The summed E-state index contributed by atoms with van der Waals surface area (Å²) < 4.78 is 12.0. The molecule has 0 aromatic heterocycles. The maximum Gasteiger partial charge on any atom is 0.317 e. The first kappa shape index (κ1) is 20.8. The zero-order valence-electron chi connectivity index (χ0n) is 15.5. The van der Waals surface area contributed by atoms with Gasteiger partial charge in [-0.1, -0.05) is 48.0 Å². The lowest BCUT2D eigenvalue weighted by atomic mass is 9.93. The molecule has 0 radical (unpaired) electrons. The number of hydrogen-bond donors (Lipinski definition) is 0.